The summed E-state index contributed by atoms with van der Waals surface area (Å²) in [7, 11) is 3.16. The molecular formula is C18H20O4. The Labute approximate surface area is 130 Å². The van der Waals surface area contributed by atoms with Crippen LogP contribution in [-0.2, 0) is 0 Å². The Morgan fingerprint density at radius 1 is 1.09 bits per heavy atom. The maximum absolute atomic E-state index is 11.6. The molecule has 4 heteroatoms. The van der Waals surface area contributed by atoms with Gasteiger partial charge in [0, 0.05) is 16.7 Å². The summed E-state index contributed by atoms with van der Waals surface area (Å²) in [5, 5.41) is 0. The van der Waals surface area contributed by atoms with Crippen LogP contribution in [0.1, 0.15) is 22.8 Å². The first-order chi connectivity index (χ1) is 10.7. The number of aryl methyl sites for hydroxylation is 1. The second kappa shape index (κ2) is 6.98. The van der Waals surface area contributed by atoms with Gasteiger partial charge in [-0.25, -0.2) is 0 Å². The summed E-state index contributed by atoms with van der Waals surface area (Å²) < 4.78 is 16.7. The highest BCUT2D eigenvalue weighted by molar-refractivity contribution is 5.94. The fraction of sp³-hybridized carbons (Fsp3) is 0.278. The molecule has 0 saturated carbocycles. The third-order valence-corrected chi connectivity index (χ3v) is 3.44. The Kier molecular flexibility index (Phi) is 5.04. The van der Waals surface area contributed by atoms with E-state index in [0.29, 0.717) is 35.0 Å². The smallest absolute Gasteiger partial charge is 0.169 e. The van der Waals surface area contributed by atoms with E-state index in [2.05, 4.69) is 0 Å². The van der Waals surface area contributed by atoms with Crippen molar-refractivity contribution in [1.82, 2.24) is 0 Å². The van der Waals surface area contributed by atoms with Crippen LogP contribution in [-0.4, -0.2) is 27.1 Å². The average Bonchev–Trinajstić information content (AvgIpc) is 2.54. The molecule has 0 bridgehead atoms. The Morgan fingerprint density at radius 2 is 1.77 bits per heavy atom. The molecular weight excluding hydrogens is 280 g/mol. The molecule has 0 atom stereocenters. The molecule has 0 heterocycles. The minimum Gasteiger partial charge on any atom is -0.493 e. The van der Waals surface area contributed by atoms with Crippen molar-refractivity contribution < 1.29 is 19.0 Å². The summed E-state index contributed by atoms with van der Waals surface area (Å²) >= 11 is 0. The molecule has 0 spiro atoms. The monoisotopic (exact) mass is 300 g/mol. The van der Waals surface area contributed by atoms with Crippen molar-refractivity contribution in [1.29, 1.82) is 0 Å². The molecule has 0 aliphatic heterocycles. The van der Waals surface area contributed by atoms with Crippen molar-refractivity contribution in [3.05, 3.63) is 41.5 Å². The maximum Gasteiger partial charge on any atom is 0.169 e. The van der Waals surface area contributed by atoms with Gasteiger partial charge in [0.25, 0.3) is 0 Å². The van der Waals surface area contributed by atoms with Gasteiger partial charge in [-0.3, -0.25) is 4.79 Å². The Bertz CT molecular complexity index is 677. The van der Waals surface area contributed by atoms with Crippen molar-refractivity contribution in [3.63, 3.8) is 0 Å². The van der Waals surface area contributed by atoms with E-state index in [9.17, 15) is 4.79 Å². The molecule has 0 unspecified atom stereocenters. The van der Waals surface area contributed by atoms with Gasteiger partial charge in [-0.05, 0) is 31.5 Å². The number of carbonyl (C=O) groups excluding carboxylic acids is 1. The Morgan fingerprint density at radius 3 is 2.36 bits per heavy atom. The number of carbonyl (C=O) groups is 1. The number of para-hydroxylation sites is 1. The molecule has 0 saturated heterocycles. The lowest BCUT2D eigenvalue weighted by Crippen LogP contribution is -2.01. The Balaban J connectivity index is 2.81. The maximum atomic E-state index is 11.6. The third kappa shape index (κ3) is 2.77. The van der Waals surface area contributed by atoms with E-state index in [4.69, 9.17) is 14.2 Å². The van der Waals surface area contributed by atoms with Gasteiger partial charge in [-0.2, -0.15) is 0 Å². The van der Waals surface area contributed by atoms with E-state index in [1.807, 2.05) is 38.1 Å². The molecule has 116 valence electrons. The van der Waals surface area contributed by atoms with Crippen LogP contribution in [0.2, 0.25) is 0 Å². The van der Waals surface area contributed by atoms with E-state index < -0.39 is 0 Å². The normalized spacial score (nSPS) is 10.2. The van der Waals surface area contributed by atoms with Gasteiger partial charge in [-0.1, -0.05) is 18.2 Å². The van der Waals surface area contributed by atoms with Crippen LogP contribution in [0.15, 0.2) is 30.3 Å². The van der Waals surface area contributed by atoms with Crippen LogP contribution in [0, 0.1) is 6.92 Å². The summed E-state index contributed by atoms with van der Waals surface area (Å²) in [5.41, 5.74) is 2.88. The summed E-state index contributed by atoms with van der Waals surface area (Å²) in [6, 6.07) is 9.38. The molecule has 22 heavy (non-hydrogen) atoms. The topological polar surface area (TPSA) is 44.8 Å². The zero-order valence-corrected chi connectivity index (χ0v) is 13.3. The zero-order valence-electron chi connectivity index (χ0n) is 13.3. The van der Waals surface area contributed by atoms with Gasteiger partial charge in [0.05, 0.1) is 20.8 Å². The van der Waals surface area contributed by atoms with Crippen LogP contribution >= 0.6 is 0 Å². The summed E-state index contributed by atoms with van der Waals surface area (Å²) in [5.74, 6) is 1.86. The first-order valence-electron chi connectivity index (χ1n) is 7.10. The lowest BCUT2D eigenvalue weighted by molar-refractivity contribution is 0.112. The lowest BCUT2D eigenvalue weighted by Gasteiger charge is -2.19. The molecule has 0 fully saturated rings. The largest absolute Gasteiger partial charge is 0.493 e. The summed E-state index contributed by atoms with van der Waals surface area (Å²) in [6.07, 6.45) is 0.826. The third-order valence-electron chi connectivity index (χ3n) is 3.44. The number of rotatable bonds is 6. The van der Waals surface area contributed by atoms with E-state index in [-0.39, 0.29) is 0 Å². The van der Waals surface area contributed by atoms with E-state index in [1.54, 1.807) is 20.3 Å². The molecule has 4 nitrogen and oxygen atoms in total. The minimum absolute atomic E-state index is 0.539. The van der Waals surface area contributed by atoms with Crippen LogP contribution in [0.5, 0.6) is 17.2 Å². The van der Waals surface area contributed by atoms with Gasteiger partial charge in [0.15, 0.2) is 17.8 Å². The molecule has 0 aromatic heterocycles. The predicted molar refractivity (Wildman–Crippen MR) is 86.3 cm³/mol. The SMILES string of the molecule is CCOc1ccccc1-c1c(C=O)cc(C)c(OC)c1OC. The van der Waals surface area contributed by atoms with Gasteiger partial charge >= 0.3 is 0 Å². The molecule has 2 rings (SSSR count). The highest BCUT2D eigenvalue weighted by atomic mass is 16.5. The first kappa shape index (κ1) is 15.9. The zero-order chi connectivity index (χ0) is 16.1. The van der Waals surface area contributed by atoms with Crippen LogP contribution in [0.3, 0.4) is 0 Å². The number of ether oxygens (including phenoxy) is 3. The van der Waals surface area contributed by atoms with Crippen molar-refractivity contribution in [3.8, 4) is 28.4 Å². The van der Waals surface area contributed by atoms with E-state index >= 15 is 0 Å². The van der Waals surface area contributed by atoms with Gasteiger partial charge in [0.2, 0.25) is 0 Å². The first-order valence-corrected chi connectivity index (χ1v) is 7.10. The fourth-order valence-electron chi connectivity index (χ4n) is 2.57. The van der Waals surface area contributed by atoms with Crippen LogP contribution in [0.4, 0.5) is 0 Å². The molecule has 0 aliphatic carbocycles. The number of aldehydes is 1. The summed E-state index contributed by atoms with van der Waals surface area (Å²) in [6.45, 7) is 4.34. The van der Waals surface area contributed by atoms with Crippen molar-refractivity contribution >= 4 is 6.29 Å². The molecule has 2 aromatic rings. The fourth-order valence-corrected chi connectivity index (χ4v) is 2.57. The standard InChI is InChI=1S/C18H20O4/c1-5-22-15-9-7-6-8-14(15)16-13(11-19)10-12(2)17(20-3)18(16)21-4/h6-11H,5H2,1-4H3. The quantitative estimate of drug-likeness (QED) is 0.759. The van der Waals surface area contributed by atoms with Crippen molar-refractivity contribution in [2.24, 2.45) is 0 Å². The predicted octanol–water partition coefficient (Wildman–Crippen LogP) is 3.89. The molecule has 0 N–H and O–H groups in total. The van der Waals surface area contributed by atoms with Crippen molar-refractivity contribution in [2.75, 3.05) is 20.8 Å². The second-order valence-electron chi connectivity index (χ2n) is 4.77. The highest BCUT2D eigenvalue weighted by Gasteiger charge is 2.21. The molecule has 0 aliphatic rings. The lowest BCUT2D eigenvalue weighted by atomic mass is 9.95. The van der Waals surface area contributed by atoms with Crippen molar-refractivity contribution in [2.45, 2.75) is 13.8 Å². The van der Waals surface area contributed by atoms with Crippen LogP contribution < -0.4 is 14.2 Å². The summed E-state index contributed by atoms with van der Waals surface area (Å²) in [4.78, 5) is 11.6. The molecule has 0 radical (unpaired) electrons. The van der Waals surface area contributed by atoms with Gasteiger partial charge in [0.1, 0.15) is 5.75 Å². The average molecular weight is 300 g/mol. The van der Waals surface area contributed by atoms with E-state index in [0.717, 1.165) is 17.4 Å². The second-order valence-corrected chi connectivity index (χ2v) is 4.77. The highest BCUT2D eigenvalue weighted by Crippen LogP contribution is 2.45. The number of methoxy groups -OCH3 is 2. The number of hydrogen-bond donors (Lipinski definition) is 0. The van der Waals surface area contributed by atoms with Gasteiger partial charge in [-0.15, -0.1) is 0 Å². The Hall–Kier alpha value is -2.49. The van der Waals surface area contributed by atoms with Gasteiger partial charge < -0.3 is 14.2 Å². The number of hydrogen-bond acceptors (Lipinski definition) is 4. The molecule has 0 amide bonds. The van der Waals surface area contributed by atoms with E-state index in [1.165, 1.54) is 0 Å². The van der Waals surface area contributed by atoms with Crippen LogP contribution in [0.25, 0.3) is 11.1 Å². The number of benzene rings is 2. The molecule has 2 aromatic carbocycles. The minimum atomic E-state index is 0.539.